The fourth-order valence-electron chi connectivity index (χ4n) is 3.06. The second kappa shape index (κ2) is 6.33. The lowest BCUT2D eigenvalue weighted by Gasteiger charge is -2.31. The van der Waals surface area contributed by atoms with Gasteiger partial charge in [-0.1, -0.05) is 24.3 Å². The van der Waals surface area contributed by atoms with Crippen molar-refractivity contribution in [2.75, 3.05) is 26.7 Å². The first-order valence-corrected chi connectivity index (χ1v) is 7.57. The minimum absolute atomic E-state index is 0.848. The molecule has 1 fully saturated rings. The van der Waals surface area contributed by atoms with Gasteiger partial charge in [-0.3, -0.25) is 9.88 Å². The summed E-state index contributed by atoms with van der Waals surface area (Å²) in [4.78, 5) is 7.30. The largest absolute Gasteiger partial charge is 0.319 e. The van der Waals surface area contributed by atoms with Crippen molar-refractivity contribution >= 4 is 10.9 Å². The normalized spacial score (nSPS) is 17.6. The van der Waals surface area contributed by atoms with Gasteiger partial charge in [0.2, 0.25) is 0 Å². The van der Waals surface area contributed by atoms with Crippen LogP contribution in [0.15, 0.2) is 36.4 Å². The Kier molecular flexibility index (Phi) is 4.28. The highest BCUT2D eigenvalue weighted by Gasteiger charge is 2.18. The molecule has 0 bridgehead atoms. The zero-order chi connectivity index (χ0) is 13.8. The maximum atomic E-state index is 4.77. The molecular weight excluding hydrogens is 246 g/mol. The molecule has 0 saturated carbocycles. The van der Waals surface area contributed by atoms with Gasteiger partial charge in [0, 0.05) is 11.9 Å². The van der Waals surface area contributed by atoms with Gasteiger partial charge in [-0.15, -0.1) is 0 Å². The van der Waals surface area contributed by atoms with Crippen LogP contribution in [0.1, 0.15) is 18.5 Å². The van der Waals surface area contributed by atoms with Crippen molar-refractivity contribution in [1.82, 2.24) is 15.2 Å². The number of benzene rings is 1. The van der Waals surface area contributed by atoms with Crippen molar-refractivity contribution in [3.63, 3.8) is 0 Å². The first kappa shape index (κ1) is 13.5. The Morgan fingerprint density at radius 3 is 2.75 bits per heavy atom. The van der Waals surface area contributed by atoms with Crippen molar-refractivity contribution in [2.24, 2.45) is 5.92 Å². The van der Waals surface area contributed by atoms with Crippen LogP contribution in [0.4, 0.5) is 0 Å². The molecule has 0 amide bonds. The molecule has 1 aromatic carbocycles. The summed E-state index contributed by atoms with van der Waals surface area (Å²) in [6.45, 7) is 4.53. The molecular formula is C17H23N3. The number of para-hydroxylation sites is 1. The van der Waals surface area contributed by atoms with E-state index in [9.17, 15) is 0 Å². The maximum Gasteiger partial charge on any atom is 0.0705 e. The first-order valence-electron chi connectivity index (χ1n) is 7.57. The van der Waals surface area contributed by atoms with Gasteiger partial charge in [0.05, 0.1) is 11.2 Å². The van der Waals surface area contributed by atoms with Crippen LogP contribution in [0.3, 0.4) is 0 Å². The molecule has 3 heteroatoms. The zero-order valence-electron chi connectivity index (χ0n) is 12.2. The molecule has 20 heavy (non-hydrogen) atoms. The summed E-state index contributed by atoms with van der Waals surface area (Å²) in [5, 5.41) is 4.52. The Balaban J connectivity index is 1.62. The molecule has 1 aromatic heterocycles. The van der Waals surface area contributed by atoms with E-state index in [1.165, 1.54) is 37.0 Å². The average Bonchev–Trinajstić information content (AvgIpc) is 2.49. The highest BCUT2D eigenvalue weighted by Crippen LogP contribution is 2.19. The number of nitrogens with one attached hydrogen (secondary N) is 1. The number of piperidine rings is 1. The van der Waals surface area contributed by atoms with Crippen LogP contribution in [0.2, 0.25) is 0 Å². The second-order valence-electron chi connectivity index (χ2n) is 5.77. The van der Waals surface area contributed by atoms with Crippen molar-refractivity contribution in [2.45, 2.75) is 19.4 Å². The fourth-order valence-corrected chi connectivity index (χ4v) is 3.06. The van der Waals surface area contributed by atoms with E-state index in [4.69, 9.17) is 4.98 Å². The van der Waals surface area contributed by atoms with Crippen molar-refractivity contribution in [3.8, 4) is 0 Å². The summed E-state index contributed by atoms with van der Waals surface area (Å²) in [5.74, 6) is 0.848. The van der Waals surface area contributed by atoms with Crippen LogP contribution in [0.25, 0.3) is 10.9 Å². The van der Waals surface area contributed by atoms with E-state index in [-0.39, 0.29) is 0 Å². The van der Waals surface area contributed by atoms with Crippen molar-refractivity contribution in [3.05, 3.63) is 42.1 Å². The highest BCUT2D eigenvalue weighted by atomic mass is 15.1. The number of pyridine rings is 1. The van der Waals surface area contributed by atoms with Crippen molar-refractivity contribution < 1.29 is 0 Å². The molecule has 0 spiro atoms. The molecule has 0 atom stereocenters. The fraction of sp³-hybridized carbons (Fsp3) is 0.471. The van der Waals surface area contributed by atoms with Gasteiger partial charge in [0.15, 0.2) is 0 Å². The zero-order valence-corrected chi connectivity index (χ0v) is 12.2. The predicted molar refractivity (Wildman–Crippen MR) is 83.7 cm³/mol. The molecule has 1 saturated heterocycles. The van der Waals surface area contributed by atoms with Gasteiger partial charge in [-0.05, 0) is 57.6 Å². The number of nitrogens with zero attached hydrogens (tertiary/aromatic N) is 2. The molecule has 1 N–H and O–H groups in total. The topological polar surface area (TPSA) is 28.2 Å². The van der Waals surface area contributed by atoms with Gasteiger partial charge in [0.1, 0.15) is 0 Å². The summed E-state index contributed by atoms with van der Waals surface area (Å²) in [5.41, 5.74) is 2.30. The molecule has 3 nitrogen and oxygen atoms in total. The summed E-state index contributed by atoms with van der Waals surface area (Å²) in [7, 11) is 2.05. The van der Waals surface area contributed by atoms with Gasteiger partial charge in [0.25, 0.3) is 0 Å². The van der Waals surface area contributed by atoms with Crippen LogP contribution in [0.5, 0.6) is 0 Å². The molecule has 1 aliphatic rings. The van der Waals surface area contributed by atoms with E-state index in [1.54, 1.807) is 0 Å². The Hall–Kier alpha value is -1.45. The van der Waals surface area contributed by atoms with Gasteiger partial charge in [-0.2, -0.15) is 0 Å². The average molecular weight is 269 g/mol. The Morgan fingerprint density at radius 1 is 1.15 bits per heavy atom. The SMILES string of the molecule is CNCC1CCN(Cc2ccc3ccccc3n2)CC1. The van der Waals surface area contributed by atoms with Crippen LogP contribution >= 0.6 is 0 Å². The maximum absolute atomic E-state index is 4.77. The third-order valence-corrected chi connectivity index (χ3v) is 4.24. The van der Waals surface area contributed by atoms with E-state index in [2.05, 4.69) is 46.6 Å². The lowest BCUT2D eigenvalue weighted by Crippen LogP contribution is -2.36. The summed E-state index contributed by atoms with van der Waals surface area (Å²) in [6.07, 6.45) is 2.60. The number of rotatable bonds is 4. The third kappa shape index (κ3) is 3.17. The molecule has 0 unspecified atom stereocenters. The molecule has 2 aromatic rings. The Labute approximate surface area is 121 Å². The summed E-state index contributed by atoms with van der Waals surface area (Å²) in [6, 6.07) is 12.7. The van der Waals surface area contributed by atoms with E-state index < -0.39 is 0 Å². The van der Waals surface area contributed by atoms with Crippen molar-refractivity contribution in [1.29, 1.82) is 0 Å². The summed E-state index contributed by atoms with van der Waals surface area (Å²) >= 11 is 0. The standard InChI is InChI=1S/C17H23N3/c1-18-12-14-8-10-20(11-9-14)13-16-7-6-15-4-2-3-5-17(15)19-16/h2-7,14,18H,8-13H2,1H3. The number of likely N-dealkylation sites (tertiary alicyclic amines) is 1. The van der Waals surface area contributed by atoms with Crippen LogP contribution in [-0.4, -0.2) is 36.6 Å². The molecule has 0 radical (unpaired) electrons. The molecule has 2 heterocycles. The van der Waals surface area contributed by atoms with Gasteiger partial charge >= 0.3 is 0 Å². The van der Waals surface area contributed by atoms with Crippen LogP contribution in [-0.2, 0) is 6.54 Å². The Morgan fingerprint density at radius 2 is 1.95 bits per heavy atom. The minimum Gasteiger partial charge on any atom is -0.319 e. The summed E-state index contributed by atoms with van der Waals surface area (Å²) < 4.78 is 0. The third-order valence-electron chi connectivity index (χ3n) is 4.24. The number of hydrogen-bond donors (Lipinski definition) is 1. The number of aromatic nitrogens is 1. The lowest BCUT2D eigenvalue weighted by atomic mass is 9.97. The lowest BCUT2D eigenvalue weighted by molar-refractivity contribution is 0.175. The molecule has 3 rings (SSSR count). The van der Waals surface area contributed by atoms with E-state index in [0.29, 0.717) is 0 Å². The van der Waals surface area contributed by atoms with Crippen LogP contribution < -0.4 is 5.32 Å². The van der Waals surface area contributed by atoms with Gasteiger partial charge < -0.3 is 5.32 Å². The smallest absolute Gasteiger partial charge is 0.0705 e. The van der Waals surface area contributed by atoms with Crippen LogP contribution in [0, 0.1) is 5.92 Å². The quantitative estimate of drug-likeness (QED) is 0.925. The van der Waals surface area contributed by atoms with E-state index in [1.807, 2.05) is 7.05 Å². The molecule has 1 aliphatic heterocycles. The number of fused-ring (bicyclic) bond motifs is 1. The predicted octanol–water partition coefficient (Wildman–Crippen LogP) is 2.67. The molecule has 106 valence electrons. The van der Waals surface area contributed by atoms with E-state index in [0.717, 1.165) is 24.5 Å². The monoisotopic (exact) mass is 269 g/mol. The molecule has 0 aliphatic carbocycles. The first-order chi connectivity index (χ1) is 9.85. The highest BCUT2D eigenvalue weighted by molar-refractivity contribution is 5.78. The Bertz CT molecular complexity index is 559. The minimum atomic E-state index is 0.848. The number of hydrogen-bond acceptors (Lipinski definition) is 3. The van der Waals surface area contributed by atoms with E-state index >= 15 is 0 Å². The van der Waals surface area contributed by atoms with Gasteiger partial charge in [-0.25, -0.2) is 0 Å². The second-order valence-corrected chi connectivity index (χ2v) is 5.77.